The summed E-state index contributed by atoms with van der Waals surface area (Å²) in [5, 5.41) is 11.9. The molecule has 0 spiro atoms. The number of aliphatic carboxylic acids is 1. The summed E-state index contributed by atoms with van der Waals surface area (Å²) < 4.78 is 0. The van der Waals surface area contributed by atoms with Crippen LogP contribution in [0.25, 0.3) is 0 Å². The second-order valence-electron chi connectivity index (χ2n) is 5.68. The van der Waals surface area contributed by atoms with E-state index in [-0.39, 0.29) is 29.8 Å². The van der Waals surface area contributed by atoms with E-state index >= 15 is 0 Å². The highest BCUT2D eigenvalue weighted by molar-refractivity contribution is 5.79. The summed E-state index contributed by atoms with van der Waals surface area (Å²) in [7, 11) is 0. The fraction of sp³-hybridized carbons (Fsp3) is 0.846. The number of carboxylic acids is 1. The third kappa shape index (κ3) is 3.22. The van der Waals surface area contributed by atoms with Gasteiger partial charge in [-0.2, -0.15) is 0 Å². The number of hydrogen-bond donors (Lipinski definition) is 3. The molecule has 4 atom stereocenters. The first-order valence-electron chi connectivity index (χ1n) is 6.85. The van der Waals surface area contributed by atoms with Gasteiger partial charge in [0.05, 0.1) is 5.92 Å². The fourth-order valence-corrected chi connectivity index (χ4v) is 3.12. The maximum Gasteiger partial charge on any atom is 0.306 e. The highest BCUT2D eigenvalue weighted by atomic mass is 16.4. The molecule has 5 heteroatoms. The molecule has 0 aromatic rings. The van der Waals surface area contributed by atoms with Crippen LogP contribution in [0.3, 0.4) is 0 Å². The van der Waals surface area contributed by atoms with Crippen LogP contribution in [-0.2, 0) is 9.59 Å². The van der Waals surface area contributed by atoms with Crippen molar-refractivity contribution in [2.75, 3.05) is 0 Å². The average Bonchev–Trinajstić information content (AvgIpc) is 2.77. The monoisotopic (exact) mass is 254 g/mol. The third-order valence-corrected chi connectivity index (χ3v) is 4.21. The molecule has 2 saturated carbocycles. The highest BCUT2D eigenvalue weighted by Crippen LogP contribution is 2.27. The predicted octanol–water partition coefficient (Wildman–Crippen LogP) is 0.873. The molecule has 0 aliphatic heterocycles. The van der Waals surface area contributed by atoms with Gasteiger partial charge in [0.25, 0.3) is 0 Å². The molecule has 1 amide bonds. The van der Waals surface area contributed by atoms with Crippen LogP contribution in [0.15, 0.2) is 0 Å². The van der Waals surface area contributed by atoms with E-state index < -0.39 is 5.97 Å². The highest BCUT2D eigenvalue weighted by Gasteiger charge is 2.32. The van der Waals surface area contributed by atoms with Crippen molar-refractivity contribution in [1.82, 2.24) is 5.32 Å². The van der Waals surface area contributed by atoms with Crippen LogP contribution >= 0.6 is 0 Å². The van der Waals surface area contributed by atoms with E-state index in [1.165, 1.54) is 0 Å². The second-order valence-corrected chi connectivity index (χ2v) is 5.68. The molecule has 0 radical (unpaired) electrons. The molecule has 5 nitrogen and oxygen atoms in total. The summed E-state index contributed by atoms with van der Waals surface area (Å²) in [6.07, 6.45) is 5.72. The zero-order chi connectivity index (χ0) is 13.1. The molecule has 0 heterocycles. The Morgan fingerprint density at radius 2 is 1.83 bits per heavy atom. The van der Waals surface area contributed by atoms with Gasteiger partial charge in [-0.05, 0) is 38.5 Å². The van der Waals surface area contributed by atoms with E-state index in [0.717, 1.165) is 32.1 Å². The number of hydrogen-bond acceptors (Lipinski definition) is 3. The van der Waals surface area contributed by atoms with Crippen molar-refractivity contribution >= 4 is 11.9 Å². The average molecular weight is 254 g/mol. The smallest absolute Gasteiger partial charge is 0.306 e. The summed E-state index contributed by atoms with van der Waals surface area (Å²) in [6, 6.07) is 0.182. The molecular weight excluding hydrogens is 232 g/mol. The number of carboxylic acid groups (broad SMARTS) is 1. The molecule has 2 fully saturated rings. The summed E-state index contributed by atoms with van der Waals surface area (Å²) >= 11 is 0. The molecule has 0 aromatic heterocycles. The molecule has 2 unspecified atom stereocenters. The molecule has 2 aliphatic rings. The van der Waals surface area contributed by atoms with Gasteiger partial charge in [0.1, 0.15) is 0 Å². The molecule has 0 bridgehead atoms. The Morgan fingerprint density at radius 3 is 2.44 bits per heavy atom. The largest absolute Gasteiger partial charge is 0.481 e. The quantitative estimate of drug-likeness (QED) is 0.697. The van der Waals surface area contributed by atoms with Gasteiger partial charge in [0.2, 0.25) is 5.91 Å². The fourth-order valence-electron chi connectivity index (χ4n) is 3.12. The van der Waals surface area contributed by atoms with Crippen LogP contribution in [0.4, 0.5) is 0 Å². The van der Waals surface area contributed by atoms with E-state index in [4.69, 9.17) is 10.8 Å². The number of rotatable bonds is 3. The zero-order valence-corrected chi connectivity index (χ0v) is 10.6. The van der Waals surface area contributed by atoms with Gasteiger partial charge in [0.15, 0.2) is 0 Å². The lowest BCUT2D eigenvalue weighted by Crippen LogP contribution is -2.41. The van der Waals surface area contributed by atoms with E-state index in [9.17, 15) is 9.59 Å². The summed E-state index contributed by atoms with van der Waals surface area (Å²) in [6.45, 7) is 0. The molecule has 2 aliphatic carbocycles. The standard InChI is InChI=1S/C13H22N2O3/c14-10-3-1-2-8(6-10)12(16)15-11-5-4-9(7-11)13(17)18/h8-11H,1-7,14H2,(H,15,16)(H,17,18)/t8?,9-,10?,11+/m1/s1. The predicted molar refractivity (Wildman–Crippen MR) is 66.8 cm³/mol. The van der Waals surface area contributed by atoms with Crippen LogP contribution in [0.5, 0.6) is 0 Å². The summed E-state index contributed by atoms with van der Waals surface area (Å²) in [5.74, 6) is -0.936. The first kappa shape index (κ1) is 13.3. The van der Waals surface area contributed by atoms with Crippen molar-refractivity contribution in [3.63, 3.8) is 0 Å². The first-order chi connectivity index (χ1) is 8.56. The van der Waals surface area contributed by atoms with Crippen molar-refractivity contribution in [3.05, 3.63) is 0 Å². The van der Waals surface area contributed by atoms with Gasteiger partial charge in [-0.1, -0.05) is 6.42 Å². The summed E-state index contributed by atoms with van der Waals surface area (Å²) in [4.78, 5) is 22.9. The number of nitrogens with one attached hydrogen (secondary N) is 1. The van der Waals surface area contributed by atoms with Crippen LogP contribution in [-0.4, -0.2) is 29.1 Å². The molecule has 102 valence electrons. The lowest BCUT2D eigenvalue weighted by atomic mass is 9.85. The Bertz CT molecular complexity index is 332. The Balaban J connectivity index is 1.79. The van der Waals surface area contributed by atoms with Gasteiger partial charge in [-0.25, -0.2) is 0 Å². The Hall–Kier alpha value is -1.10. The van der Waals surface area contributed by atoms with E-state index in [2.05, 4.69) is 5.32 Å². The topological polar surface area (TPSA) is 92.4 Å². The number of carbonyl (C=O) groups excluding carboxylic acids is 1. The Morgan fingerprint density at radius 1 is 1.06 bits per heavy atom. The van der Waals surface area contributed by atoms with Crippen molar-refractivity contribution in [2.45, 2.75) is 57.0 Å². The van der Waals surface area contributed by atoms with Crippen molar-refractivity contribution in [2.24, 2.45) is 17.6 Å². The van der Waals surface area contributed by atoms with Gasteiger partial charge in [-0.15, -0.1) is 0 Å². The van der Waals surface area contributed by atoms with Gasteiger partial charge >= 0.3 is 5.97 Å². The van der Waals surface area contributed by atoms with E-state index in [1.807, 2.05) is 0 Å². The normalized spacial score (nSPS) is 36.3. The Labute approximate surface area is 107 Å². The number of nitrogens with two attached hydrogens (primary N) is 1. The number of carbonyl (C=O) groups is 2. The van der Waals surface area contributed by atoms with Crippen LogP contribution < -0.4 is 11.1 Å². The SMILES string of the molecule is NC1CCCC(C(=O)N[C@H]2CC[C@@H](C(=O)O)C2)C1. The second kappa shape index (κ2) is 5.69. The van der Waals surface area contributed by atoms with Crippen LogP contribution in [0.1, 0.15) is 44.9 Å². The minimum absolute atomic E-state index is 0.0256. The van der Waals surface area contributed by atoms with Crippen molar-refractivity contribution in [1.29, 1.82) is 0 Å². The molecule has 0 aromatic carbocycles. The van der Waals surface area contributed by atoms with Gasteiger partial charge in [0, 0.05) is 18.0 Å². The molecule has 4 N–H and O–H groups in total. The maximum atomic E-state index is 12.1. The molecule has 0 saturated heterocycles. The van der Waals surface area contributed by atoms with Crippen LogP contribution in [0.2, 0.25) is 0 Å². The van der Waals surface area contributed by atoms with Gasteiger partial charge < -0.3 is 16.2 Å². The molecular formula is C13H22N2O3. The lowest BCUT2D eigenvalue weighted by Gasteiger charge is -2.27. The van der Waals surface area contributed by atoms with E-state index in [1.54, 1.807) is 0 Å². The number of amides is 1. The van der Waals surface area contributed by atoms with E-state index in [0.29, 0.717) is 12.8 Å². The lowest BCUT2D eigenvalue weighted by molar-refractivity contribution is -0.141. The molecule has 18 heavy (non-hydrogen) atoms. The Kier molecular flexibility index (Phi) is 4.22. The maximum absolute atomic E-state index is 12.1. The first-order valence-corrected chi connectivity index (χ1v) is 6.85. The zero-order valence-electron chi connectivity index (χ0n) is 10.6. The van der Waals surface area contributed by atoms with Gasteiger partial charge in [-0.3, -0.25) is 9.59 Å². The van der Waals surface area contributed by atoms with Crippen molar-refractivity contribution in [3.8, 4) is 0 Å². The minimum atomic E-state index is -0.744. The van der Waals surface area contributed by atoms with Crippen LogP contribution in [0, 0.1) is 11.8 Å². The minimum Gasteiger partial charge on any atom is -0.481 e. The van der Waals surface area contributed by atoms with Crippen molar-refractivity contribution < 1.29 is 14.7 Å². The summed E-state index contributed by atoms with van der Waals surface area (Å²) in [5.41, 5.74) is 5.88. The third-order valence-electron chi connectivity index (χ3n) is 4.21. The molecule has 2 rings (SSSR count).